The normalized spacial score (nSPS) is 28.7. The number of carbonyl (C=O) groups excluding carboxylic acids is 3. The monoisotopic (exact) mass is 411 g/mol. The summed E-state index contributed by atoms with van der Waals surface area (Å²) in [5.74, 6) is -1.95. The molecule has 4 amide bonds. The Morgan fingerprint density at radius 1 is 1.00 bits per heavy atom. The summed E-state index contributed by atoms with van der Waals surface area (Å²) in [7, 11) is 0. The Kier molecular flexibility index (Phi) is 6.57. The first-order valence-electron chi connectivity index (χ1n) is 11.2. The predicted octanol–water partition coefficient (Wildman–Crippen LogP) is 1.33. The van der Waals surface area contributed by atoms with E-state index in [9.17, 15) is 14.4 Å². The number of nitrogens with zero attached hydrogens (tertiary/aromatic N) is 2. The molecule has 1 aromatic carbocycles. The number of imide groups is 2. The molecule has 7 nitrogen and oxygen atoms in total. The van der Waals surface area contributed by atoms with Gasteiger partial charge in [0.15, 0.2) is 5.92 Å². The molecule has 2 heterocycles. The molecule has 2 saturated heterocycles. The van der Waals surface area contributed by atoms with Gasteiger partial charge in [0.05, 0.1) is 19.1 Å². The first-order valence-corrected chi connectivity index (χ1v) is 11.2. The minimum absolute atomic E-state index is 0.0972. The number of quaternary nitrogens is 1. The first kappa shape index (κ1) is 20.7. The van der Waals surface area contributed by atoms with Crippen LogP contribution in [0.5, 0.6) is 0 Å². The molecule has 1 unspecified atom stereocenters. The summed E-state index contributed by atoms with van der Waals surface area (Å²) in [6, 6.07) is 9.95. The summed E-state index contributed by atoms with van der Waals surface area (Å²) in [5.41, 5.74) is 1.34. The number of nitrogens with one attached hydrogen (secondary N) is 2. The van der Waals surface area contributed by atoms with Crippen molar-refractivity contribution in [2.45, 2.75) is 63.6 Å². The number of hydrogen-bond donors (Lipinski definition) is 2. The standard InChI is InChI=1S/C23H30N4O3/c28-21-20(22(29)27(23(30)25-21)19-9-5-2-6-10-19)15-24-18-11-13-26(14-12-18)16-17-7-3-1-4-8-17/h1,3-4,7-8,15,18-20H,2,5-6,9-14,16H2,(H,25,28,30)/p+1. The van der Waals surface area contributed by atoms with Crippen molar-refractivity contribution in [1.82, 2.24) is 10.2 Å². The van der Waals surface area contributed by atoms with Crippen molar-refractivity contribution in [3.63, 3.8) is 0 Å². The van der Waals surface area contributed by atoms with Crippen molar-refractivity contribution < 1.29 is 19.3 Å². The molecule has 4 rings (SSSR count). The van der Waals surface area contributed by atoms with Crippen LogP contribution in [0.3, 0.4) is 0 Å². The van der Waals surface area contributed by atoms with E-state index in [1.165, 1.54) is 21.6 Å². The lowest BCUT2D eigenvalue weighted by atomic mass is 9.92. The lowest BCUT2D eigenvalue weighted by Gasteiger charge is -2.36. The topological polar surface area (TPSA) is 83.3 Å². The Morgan fingerprint density at radius 3 is 2.40 bits per heavy atom. The van der Waals surface area contributed by atoms with E-state index in [1.54, 1.807) is 0 Å². The van der Waals surface area contributed by atoms with Gasteiger partial charge in [-0.15, -0.1) is 0 Å². The molecule has 0 radical (unpaired) electrons. The van der Waals surface area contributed by atoms with Crippen molar-refractivity contribution in [2.24, 2.45) is 10.9 Å². The van der Waals surface area contributed by atoms with E-state index in [-0.39, 0.29) is 12.1 Å². The number of benzene rings is 1. The summed E-state index contributed by atoms with van der Waals surface area (Å²) >= 11 is 0. The maximum atomic E-state index is 12.9. The first-order chi connectivity index (χ1) is 14.6. The average molecular weight is 412 g/mol. The van der Waals surface area contributed by atoms with Crippen LogP contribution >= 0.6 is 0 Å². The Labute approximate surface area is 177 Å². The number of likely N-dealkylation sites (tertiary alicyclic amines) is 1. The zero-order valence-corrected chi connectivity index (χ0v) is 17.4. The molecule has 0 aromatic heterocycles. The zero-order chi connectivity index (χ0) is 20.9. The van der Waals surface area contributed by atoms with Gasteiger partial charge in [0.1, 0.15) is 6.54 Å². The highest BCUT2D eigenvalue weighted by molar-refractivity contribution is 6.23. The molecule has 3 aliphatic rings. The van der Waals surface area contributed by atoms with Crippen LogP contribution in [0.25, 0.3) is 0 Å². The number of amides is 4. The molecular formula is C23H31N4O3+. The SMILES string of the molecule is O=C1NC(=O)N(C2CCCCC2)C(=O)C1C=NC1CC[NH+](Cc2ccccc2)CC1. The third-order valence-corrected chi connectivity index (χ3v) is 6.58. The molecule has 0 bridgehead atoms. The van der Waals surface area contributed by atoms with Gasteiger partial charge in [-0.05, 0) is 12.8 Å². The molecule has 0 spiro atoms. The van der Waals surface area contributed by atoms with Crippen molar-refractivity contribution in [2.75, 3.05) is 13.1 Å². The van der Waals surface area contributed by atoms with Gasteiger partial charge in [-0.1, -0.05) is 49.6 Å². The van der Waals surface area contributed by atoms with Gasteiger partial charge < -0.3 is 4.90 Å². The zero-order valence-electron chi connectivity index (χ0n) is 17.4. The molecule has 7 heteroatoms. The fraction of sp³-hybridized carbons (Fsp3) is 0.565. The van der Waals surface area contributed by atoms with Crippen molar-refractivity contribution in [1.29, 1.82) is 0 Å². The van der Waals surface area contributed by atoms with Gasteiger partial charge in [0.25, 0.3) is 0 Å². The molecular weight excluding hydrogens is 380 g/mol. The predicted molar refractivity (Wildman–Crippen MR) is 113 cm³/mol. The molecule has 3 fully saturated rings. The highest BCUT2D eigenvalue weighted by atomic mass is 16.2. The largest absolute Gasteiger partial charge is 0.331 e. The van der Waals surface area contributed by atoms with E-state index < -0.39 is 23.8 Å². The summed E-state index contributed by atoms with van der Waals surface area (Å²) in [5, 5.41) is 2.36. The number of hydrogen-bond acceptors (Lipinski definition) is 4. The highest BCUT2D eigenvalue weighted by Gasteiger charge is 2.43. The van der Waals surface area contributed by atoms with Crippen LogP contribution in [-0.4, -0.2) is 54.1 Å². The van der Waals surface area contributed by atoms with Gasteiger partial charge in [-0.3, -0.25) is 24.8 Å². The van der Waals surface area contributed by atoms with Crippen molar-refractivity contribution in [3.05, 3.63) is 35.9 Å². The minimum Gasteiger partial charge on any atom is -0.331 e. The molecule has 1 saturated carbocycles. The molecule has 30 heavy (non-hydrogen) atoms. The quantitative estimate of drug-likeness (QED) is 0.566. The number of aliphatic imine (C=N–C) groups is 1. The third kappa shape index (κ3) is 4.78. The number of urea groups is 1. The van der Waals surface area contributed by atoms with E-state index >= 15 is 0 Å². The van der Waals surface area contributed by atoms with E-state index in [2.05, 4.69) is 34.6 Å². The van der Waals surface area contributed by atoms with Crippen molar-refractivity contribution >= 4 is 24.1 Å². The number of carbonyl (C=O) groups is 3. The molecule has 1 aromatic rings. The van der Waals surface area contributed by atoms with Gasteiger partial charge in [-0.2, -0.15) is 0 Å². The maximum absolute atomic E-state index is 12.9. The summed E-state index contributed by atoms with van der Waals surface area (Å²) < 4.78 is 0. The Bertz CT molecular complexity index is 796. The maximum Gasteiger partial charge on any atom is 0.331 e. The average Bonchev–Trinajstić information content (AvgIpc) is 2.76. The van der Waals surface area contributed by atoms with E-state index in [4.69, 9.17) is 0 Å². The van der Waals surface area contributed by atoms with Crippen LogP contribution < -0.4 is 10.2 Å². The summed E-state index contributed by atoms with van der Waals surface area (Å²) in [6.45, 7) is 3.06. The molecule has 160 valence electrons. The number of barbiturate groups is 1. The number of piperidine rings is 1. The van der Waals surface area contributed by atoms with Gasteiger partial charge in [0.2, 0.25) is 11.8 Å². The second kappa shape index (κ2) is 9.51. The minimum atomic E-state index is -0.987. The smallest absolute Gasteiger partial charge is 0.331 e. The van der Waals surface area contributed by atoms with E-state index in [1.807, 2.05) is 6.07 Å². The second-order valence-corrected chi connectivity index (χ2v) is 8.71. The van der Waals surface area contributed by atoms with Crippen molar-refractivity contribution in [3.8, 4) is 0 Å². The Hall–Kier alpha value is -2.54. The second-order valence-electron chi connectivity index (χ2n) is 8.71. The van der Waals surface area contributed by atoms with E-state index in [0.717, 1.165) is 64.6 Å². The third-order valence-electron chi connectivity index (χ3n) is 6.58. The lowest BCUT2D eigenvalue weighted by Crippen LogP contribution is -3.12. The fourth-order valence-corrected chi connectivity index (χ4v) is 4.85. The molecule has 1 atom stereocenters. The summed E-state index contributed by atoms with van der Waals surface area (Å²) in [4.78, 5) is 44.9. The van der Waals surface area contributed by atoms with Crippen LogP contribution in [0.2, 0.25) is 0 Å². The van der Waals surface area contributed by atoms with Gasteiger partial charge >= 0.3 is 6.03 Å². The molecule has 1 aliphatic carbocycles. The Balaban J connectivity index is 1.33. The van der Waals surface area contributed by atoms with Gasteiger partial charge in [0, 0.05) is 30.7 Å². The Morgan fingerprint density at radius 2 is 1.70 bits per heavy atom. The van der Waals surface area contributed by atoms with Crippen LogP contribution in [0.4, 0.5) is 4.79 Å². The van der Waals surface area contributed by atoms with Gasteiger partial charge in [-0.25, -0.2) is 4.79 Å². The van der Waals surface area contributed by atoms with Crippen LogP contribution in [-0.2, 0) is 16.1 Å². The van der Waals surface area contributed by atoms with Crippen LogP contribution in [0.1, 0.15) is 50.5 Å². The van der Waals surface area contributed by atoms with Crippen LogP contribution in [0.15, 0.2) is 35.3 Å². The summed E-state index contributed by atoms with van der Waals surface area (Å²) in [6.07, 6.45) is 8.16. The number of rotatable bonds is 5. The van der Waals surface area contributed by atoms with Crippen LogP contribution in [0, 0.1) is 5.92 Å². The van der Waals surface area contributed by atoms with E-state index in [0.29, 0.717) is 0 Å². The lowest BCUT2D eigenvalue weighted by molar-refractivity contribution is -0.918. The molecule has 2 N–H and O–H groups in total. The molecule has 2 aliphatic heterocycles. The highest BCUT2D eigenvalue weighted by Crippen LogP contribution is 2.25. The fourth-order valence-electron chi connectivity index (χ4n) is 4.85.